The number of ether oxygens (including phenoxy) is 1. The predicted molar refractivity (Wildman–Crippen MR) is 83.4 cm³/mol. The number of aromatic nitrogens is 2. The molecule has 1 aromatic carbocycles. The molecule has 2 aromatic rings. The summed E-state index contributed by atoms with van der Waals surface area (Å²) in [5, 5.41) is 19.1. The Morgan fingerprint density at radius 3 is 2.74 bits per heavy atom. The van der Waals surface area contributed by atoms with Crippen molar-refractivity contribution in [3.8, 4) is 11.3 Å². The quantitative estimate of drug-likeness (QED) is 0.761. The zero-order chi connectivity index (χ0) is 16.4. The molecule has 1 aromatic heterocycles. The Labute approximate surface area is 136 Å². The summed E-state index contributed by atoms with van der Waals surface area (Å²) in [6, 6.07) is 7.72. The molecule has 1 fully saturated rings. The maximum Gasteiger partial charge on any atom is 0.277 e. The highest BCUT2D eigenvalue weighted by atomic mass is 35.5. The van der Waals surface area contributed by atoms with E-state index in [1.807, 2.05) is 0 Å². The monoisotopic (exact) mass is 335 g/mol. The van der Waals surface area contributed by atoms with Gasteiger partial charge in [-0.3, -0.25) is 9.59 Å². The average molecular weight is 336 g/mol. The van der Waals surface area contributed by atoms with E-state index in [-0.39, 0.29) is 18.8 Å². The van der Waals surface area contributed by atoms with Gasteiger partial charge in [0.1, 0.15) is 5.56 Å². The molecular formula is C15H14ClN3O4. The van der Waals surface area contributed by atoms with Gasteiger partial charge >= 0.3 is 0 Å². The summed E-state index contributed by atoms with van der Waals surface area (Å²) in [7, 11) is 0. The Kier molecular flexibility index (Phi) is 4.42. The van der Waals surface area contributed by atoms with E-state index in [9.17, 15) is 14.7 Å². The molecule has 1 aliphatic rings. The van der Waals surface area contributed by atoms with Crippen LogP contribution >= 0.6 is 11.6 Å². The fraction of sp³-hybridized carbons (Fsp3) is 0.267. The van der Waals surface area contributed by atoms with E-state index >= 15 is 0 Å². The number of aromatic amines is 1. The summed E-state index contributed by atoms with van der Waals surface area (Å²) in [5.41, 5.74) is 0.469. The molecule has 3 rings (SSSR count). The number of aliphatic hydroxyl groups excluding tert-OH is 1. The van der Waals surface area contributed by atoms with Gasteiger partial charge in [0.15, 0.2) is 0 Å². The third-order valence-corrected chi connectivity index (χ3v) is 3.81. The van der Waals surface area contributed by atoms with Crippen molar-refractivity contribution in [1.82, 2.24) is 15.5 Å². The number of carbonyl (C=O) groups is 1. The standard InChI is InChI=1S/C15H14ClN3O4/c16-9-3-1-8(2-4-9)11-5-10(15(22)19-18-11)14(21)17-12-6-23-7-13(12)20/h1-5,12-13,20H,6-7H2,(H,17,21)(H,19,22)/t12-,13-/m1/s1. The molecule has 120 valence electrons. The molecule has 0 bridgehead atoms. The molecule has 0 radical (unpaired) electrons. The molecule has 0 aliphatic carbocycles. The molecule has 8 heteroatoms. The van der Waals surface area contributed by atoms with E-state index < -0.39 is 23.6 Å². The lowest BCUT2D eigenvalue weighted by molar-refractivity contribution is 0.0884. The predicted octanol–water partition coefficient (Wildman–Crippen LogP) is 0.580. The lowest BCUT2D eigenvalue weighted by atomic mass is 10.1. The van der Waals surface area contributed by atoms with Crippen molar-refractivity contribution in [2.45, 2.75) is 12.1 Å². The number of carbonyl (C=O) groups excluding carboxylic acids is 1. The first-order valence-corrected chi connectivity index (χ1v) is 7.35. The number of rotatable bonds is 3. The minimum Gasteiger partial charge on any atom is -0.388 e. The lowest BCUT2D eigenvalue weighted by Crippen LogP contribution is -2.44. The first-order valence-electron chi connectivity index (χ1n) is 6.97. The molecule has 7 nitrogen and oxygen atoms in total. The SMILES string of the molecule is O=C(N[C@@H]1COC[C@H]1O)c1cc(-c2ccc(Cl)cc2)n[nH]c1=O. The number of H-pyrrole nitrogens is 1. The highest BCUT2D eigenvalue weighted by Gasteiger charge is 2.28. The van der Waals surface area contributed by atoms with Crippen molar-refractivity contribution in [1.29, 1.82) is 0 Å². The normalized spacial score (nSPS) is 20.4. The Hall–Kier alpha value is -2.22. The number of nitrogens with zero attached hydrogens (tertiary/aromatic N) is 1. The molecule has 0 spiro atoms. The van der Waals surface area contributed by atoms with E-state index in [2.05, 4.69) is 15.5 Å². The smallest absolute Gasteiger partial charge is 0.277 e. The lowest BCUT2D eigenvalue weighted by Gasteiger charge is -2.14. The summed E-state index contributed by atoms with van der Waals surface area (Å²) >= 11 is 5.84. The van der Waals surface area contributed by atoms with E-state index in [0.29, 0.717) is 16.3 Å². The molecule has 1 amide bonds. The minimum atomic E-state index is -0.782. The van der Waals surface area contributed by atoms with Crippen LogP contribution in [0, 0.1) is 0 Å². The second kappa shape index (κ2) is 6.49. The van der Waals surface area contributed by atoms with Crippen LogP contribution in [0.25, 0.3) is 11.3 Å². The molecule has 1 aliphatic heterocycles. The van der Waals surface area contributed by atoms with Gasteiger partial charge in [-0.2, -0.15) is 5.10 Å². The second-order valence-electron chi connectivity index (χ2n) is 5.19. The summed E-state index contributed by atoms with van der Waals surface area (Å²) < 4.78 is 5.07. The van der Waals surface area contributed by atoms with Crippen LogP contribution in [-0.4, -0.2) is 46.6 Å². The van der Waals surface area contributed by atoms with Crippen LogP contribution in [0.15, 0.2) is 35.1 Å². The number of amides is 1. The molecule has 0 saturated carbocycles. The van der Waals surface area contributed by atoms with Gasteiger partial charge in [0.2, 0.25) is 0 Å². The molecule has 0 unspecified atom stereocenters. The second-order valence-corrected chi connectivity index (χ2v) is 5.62. The van der Waals surface area contributed by atoms with Gasteiger partial charge < -0.3 is 15.2 Å². The van der Waals surface area contributed by atoms with Crippen molar-refractivity contribution in [3.63, 3.8) is 0 Å². The van der Waals surface area contributed by atoms with Crippen LogP contribution in [-0.2, 0) is 4.74 Å². The fourth-order valence-corrected chi connectivity index (χ4v) is 2.40. The molecule has 2 heterocycles. The van der Waals surface area contributed by atoms with Crippen LogP contribution in [0.3, 0.4) is 0 Å². The molecule has 1 saturated heterocycles. The van der Waals surface area contributed by atoms with E-state index in [1.54, 1.807) is 24.3 Å². The topological polar surface area (TPSA) is 104 Å². The Morgan fingerprint density at radius 1 is 1.35 bits per heavy atom. The van der Waals surface area contributed by atoms with Gasteiger partial charge in [-0.05, 0) is 18.2 Å². The highest BCUT2D eigenvalue weighted by molar-refractivity contribution is 6.30. The van der Waals surface area contributed by atoms with Crippen LogP contribution in [0.2, 0.25) is 5.02 Å². The zero-order valence-electron chi connectivity index (χ0n) is 12.0. The first kappa shape index (κ1) is 15.7. The zero-order valence-corrected chi connectivity index (χ0v) is 12.7. The maximum atomic E-state index is 12.3. The maximum absolute atomic E-state index is 12.3. The van der Waals surface area contributed by atoms with E-state index in [1.165, 1.54) is 6.07 Å². The van der Waals surface area contributed by atoms with Gasteiger partial charge in [-0.1, -0.05) is 23.7 Å². The van der Waals surface area contributed by atoms with Crippen molar-refractivity contribution >= 4 is 17.5 Å². The Bertz CT molecular complexity index is 775. The van der Waals surface area contributed by atoms with Gasteiger partial charge in [0.05, 0.1) is 31.1 Å². The molecular weight excluding hydrogens is 322 g/mol. The number of aliphatic hydroxyl groups is 1. The van der Waals surface area contributed by atoms with Crippen LogP contribution < -0.4 is 10.9 Å². The number of halogens is 1. The van der Waals surface area contributed by atoms with Gasteiger partial charge in [-0.25, -0.2) is 5.10 Å². The van der Waals surface area contributed by atoms with Gasteiger partial charge in [-0.15, -0.1) is 0 Å². The van der Waals surface area contributed by atoms with Crippen molar-refractivity contribution in [2.75, 3.05) is 13.2 Å². The van der Waals surface area contributed by atoms with Crippen LogP contribution in [0.5, 0.6) is 0 Å². The van der Waals surface area contributed by atoms with E-state index in [4.69, 9.17) is 16.3 Å². The fourth-order valence-electron chi connectivity index (χ4n) is 2.27. The molecule has 23 heavy (non-hydrogen) atoms. The summed E-state index contributed by atoms with van der Waals surface area (Å²) in [5.74, 6) is -0.585. The van der Waals surface area contributed by atoms with Crippen LogP contribution in [0.1, 0.15) is 10.4 Å². The third kappa shape index (κ3) is 3.42. The third-order valence-electron chi connectivity index (χ3n) is 3.56. The van der Waals surface area contributed by atoms with Gasteiger partial charge in [0, 0.05) is 10.6 Å². The van der Waals surface area contributed by atoms with Crippen molar-refractivity contribution < 1.29 is 14.6 Å². The van der Waals surface area contributed by atoms with Crippen molar-refractivity contribution in [2.24, 2.45) is 0 Å². The first-order chi connectivity index (χ1) is 11.0. The number of benzene rings is 1. The van der Waals surface area contributed by atoms with E-state index in [0.717, 1.165) is 0 Å². The largest absolute Gasteiger partial charge is 0.388 e. The number of nitrogens with one attached hydrogen (secondary N) is 2. The summed E-state index contributed by atoms with van der Waals surface area (Å²) in [6.45, 7) is 0.369. The van der Waals surface area contributed by atoms with Gasteiger partial charge in [0.25, 0.3) is 11.5 Å². The molecule has 3 N–H and O–H groups in total. The Morgan fingerprint density at radius 2 is 2.09 bits per heavy atom. The molecule has 2 atom stereocenters. The van der Waals surface area contributed by atoms with Crippen LogP contribution in [0.4, 0.5) is 0 Å². The number of hydrogen-bond donors (Lipinski definition) is 3. The Balaban J connectivity index is 1.87. The van der Waals surface area contributed by atoms with Crippen molar-refractivity contribution in [3.05, 3.63) is 51.3 Å². The highest BCUT2D eigenvalue weighted by Crippen LogP contribution is 2.19. The minimum absolute atomic E-state index is 0.0796. The summed E-state index contributed by atoms with van der Waals surface area (Å²) in [4.78, 5) is 24.1. The average Bonchev–Trinajstić information content (AvgIpc) is 2.94. The summed E-state index contributed by atoms with van der Waals surface area (Å²) in [6.07, 6.45) is -0.782. The number of hydrogen-bond acceptors (Lipinski definition) is 5.